The number of ether oxygens (including phenoxy) is 1. The first-order valence-corrected chi connectivity index (χ1v) is 11.7. The molecule has 3 N–H and O–H groups in total. The molecular weight excluding hydrogens is 414 g/mol. The van der Waals surface area contributed by atoms with Crippen LogP contribution in [0.5, 0.6) is 5.75 Å². The Morgan fingerprint density at radius 2 is 2.10 bits per heavy atom. The summed E-state index contributed by atoms with van der Waals surface area (Å²) in [6.45, 7) is 0.712. The standard InChI is InChI=1S/C23H25N3O4S/c1-31-11-9-19-23(29)25-18-5-4-16(13-17(18)22(28)26-19)24-21(27)7-3-14-2-6-20-15(12-14)8-10-30-20/h2,4-6,12-13,19H,3,7-11H2,1H3,(H,24,27)(H,25,29)(H,26,28)/t19-/m0/s1. The molecule has 8 heteroatoms. The Morgan fingerprint density at radius 3 is 2.94 bits per heavy atom. The minimum absolute atomic E-state index is 0.132. The third-order valence-corrected chi connectivity index (χ3v) is 6.08. The SMILES string of the molecule is CSCC[C@@H]1NC(=O)c2cc(NC(=O)CCc3ccc4c(c3)CCO4)ccc2NC1=O. The summed E-state index contributed by atoms with van der Waals surface area (Å²) >= 11 is 1.62. The fourth-order valence-electron chi connectivity index (χ4n) is 3.76. The highest BCUT2D eigenvalue weighted by Crippen LogP contribution is 2.27. The minimum atomic E-state index is -0.567. The number of fused-ring (bicyclic) bond motifs is 2. The Labute approximate surface area is 185 Å². The largest absolute Gasteiger partial charge is 0.493 e. The number of carbonyl (C=O) groups excluding carboxylic acids is 3. The summed E-state index contributed by atoms with van der Waals surface area (Å²) in [5.74, 6) is 1.02. The molecule has 0 bridgehead atoms. The van der Waals surface area contributed by atoms with Gasteiger partial charge in [0, 0.05) is 18.5 Å². The second-order valence-corrected chi connectivity index (χ2v) is 8.63. The van der Waals surface area contributed by atoms with Gasteiger partial charge < -0.3 is 20.7 Å². The number of hydrogen-bond donors (Lipinski definition) is 3. The van der Waals surface area contributed by atoms with E-state index in [1.165, 1.54) is 5.56 Å². The zero-order valence-corrected chi connectivity index (χ0v) is 18.1. The summed E-state index contributed by atoms with van der Waals surface area (Å²) in [5, 5.41) is 8.44. The Morgan fingerprint density at radius 1 is 1.23 bits per heavy atom. The molecule has 2 aliphatic heterocycles. The van der Waals surface area contributed by atoms with Crippen LogP contribution >= 0.6 is 11.8 Å². The van der Waals surface area contributed by atoms with E-state index in [-0.39, 0.29) is 17.7 Å². The molecule has 4 rings (SSSR count). The van der Waals surface area contributed by atoms with E-state index in [0.717, 1.165) is 23.5 Å². The van der Waals surface area contributed by atoms with Crippen molar-refractivity contribution in [2.75, 3.05) is 29.2 Å². The molecule has 31 heavy (non-hydrogen) atoms. The van der Waals surface area contributed by atoms with E-state index >= 15 is 0 Å². The molecule has 0 unspecified atom stereocenters. The summed E-state index contributed by atoms with van der Waals surface area (Å²) < 4.78 is 5.51. The van der Waals surface area contributed by atoms with Gasteiger partial charge in [0.05, 0.1) is 17.9 Å². The lowest BCUT2D eigenvalue weighted by Crippen LogP contribution is -2.41. The summed E-state index contributed by atoms with van der Waals surface area (Å²) in [4.78, 5) is 37.5. The normalized spacial score (nSPS) is 17.0. The van der Waals surface area contributed by atoms with Gasteiger partial charge in [-0.1, -0.05) is 12.1 Å². The van der Waals surface area contributed by atoms with Crippen LogP contribution in [0.4, 0.5) is 11.4 Å². The van der Waals surface area contributed by atoms with E-state index in [9.17, 15) is 14.4 Å². The van der Waals surface area contributed by atoms with Crippen molar-refractivity contribution in [3.05, 3.63) is 53.1 Å². The van der Waals surface area contributed by atoms with Gasteiger partial charge >= 0.3 is 0 Å². The maximum absolute atomic E-state index is 12.6. The fourth-order valence-corrected chi connectivity index (χ4v) is 4.23. The van der Waals surface area contributed by atoms with Crippen molar-refractivity contribution in [2.45, 2.75) is 31.7 Å². The molecule has 3 amide bonds. The average Bonchev–Trinajstić information content (AvgIpc) is 3.19. The van der Waals surface area contributed by atoms with Crippen molar-refractivity contribution < 1.29 is 19.1 Å². The van der Waals surface area contributed by atoms with E-state index in [2.05, 4.69) is 22.0 Å². The number of rotatable bonds is 7. The first-order chi connectivity index (χ1) is 15.0. The van der Waals surface area contributed by atoms with Gasteiger partial charge in [0.1, 0.15) is 11.8 Å². The first kappa shape index (κ1) is 21.2. The maximum atomic E-state index is 12.6. The third-order valence-electron chi connectivity index (χ3n) is 5.43. The van der Waals surface area contributed by atoms with Crippen molar-refractivity contribution in [2.24, 2.45) is 0 Å². The molecule has 2 aromatic carbocycles. The van der Waals surface area contributed by atoms with E-state index in [1.807, 2.05) is 18.4 Å². The van der Waals surface area contributed by atoms with E-state index in [0.29, 0.717) is 42.8 Å². The van der Waals surface area contributed by atoms with Gasteiger partial charge in [-0.05, 0) is 60.2 Å². The monoisotopic (exact) mass is 439 g/mol. The second-order valence-electron chi connectivity index (χ2n) is 7.65. The fraction of sp³-hybridized carbons (Fsp3) is 0.348. The molecule has 7 nitrogen and oxygen atoms in total. The molecule has 0 aromatic heterocycles. The summed E-state index contributed by atoms with van der Waals surface area (Å²) in [6.07, 6.45) is 4.37. The van der Waals surface area contributed by atoms with Gasteiger partial charge in [0.2, 0.25) is 11.8 Å². The quantitative estimate of drug-likeness (QED) is 0.616. The highest BCUT2D eigenvalue weighted by molar-refractivity contribution is 7.98. The van der Waals surface area contributed by atoms with Crippen LogP contribution in [0.15, 0.2) is 36.4 Å². The number of nitrogens with one attached hydrogen (secondary N) is 3. The number of benzene rings is 2. The molecule has 0 fully saturated rings. The average molecular weight is 440 g/mol. The highest BCUT2D eigenvalue weighted by atomic mass is 32.2. The zero-order chi connectivity index (χ0) is 21.8. The predicted molar refractivity (Wildman–Crippen MR) is 122 cm³/mol. The van der Waals surface area contributed by atoms with Crippen molar-refractivity contribution >= 4 is 40.9 Å². The lowest BCUT2D eigenvalue weighted by molar-refractivity contribution is -0.118. The molecule has 0 saturated carbocycles. The minimum Gasteiger partial charge on any atom is -0.493 e. The van der Waals surface area contributed by atoms with E-state index < -0.39 is 6.04 Å². The lowest BCUT2D eigenvalue weighted by atomic mass is 10.0. The number of carbonyl (C=O) groups is 3. The molecule has 162 valence electrons. The Bertz CT molecular complexity index is 1020. The van der Waals surface area contributed by atoms with Crippen LogP contribution in [-0.4, -0.2) is 42.4 Å². The molecule has 0 saturated heterocycles. The van der Waals surface area contributed by atoms with Crippen molar-refractivity contribution in [3.8, 4) is 5.75 Å². The van der Waals surface area contributed by atoms with Gasteiger partial charge in [-0.15, -0.1) is 0 Å². The smallest absolute Gasteiger partial charge is 0.254 e. The van der Waals surface area contributed by atoms with Gasteiger partial charge in [-0.25, -0.2) is 0 Å². The summed E-state index contributed by atoms with van der Waals surface area (Å²) in [6, 6.07) is 10.4. The zero-order valence-electron chi connectivity index (χ0n) is 17.3. The molecule has 1 atom stereocenters. The number of aryl methyl sites for hydroxylation is 1. The molecule has 2 aromatic rings. The van der Waals surface area contributed by atoms with Crippen molar-refractivity contribution in [3.63, 3.8) is 0 Å². The summed E-state index contributed by atoms with van der Waals surface area (Å²) in [5.41, 5.74) is 3.61. The molecule has 2 aliphatic rings. The van der Waals surface area contributed by atoms with Gasteiger partial charge in [-0.2, -0.15) is 11.8 Å². The highest BCUT2D eigenvalue weighted by Gasteiger charge is 2.27. The predicted octanol–water partition coefficient (Wildman–Crippen LogP) is 3.00. The molecule has 0 aliphatic carbocycles. The third kappa shape index (κ3) is 5.02. The Balaban J connectivity index is 1.38. The van der Waals surface area contributed by atoms with Crippen LogP contribution in [0.25, 0.3) is 0 Å². The molecule has 2 heterocycles. The molecular formula is C23H25N3O4S. The van der Waals surface area contributed by atoms with E-state index in [4.69, 9.17) is 4.74 Å². The van der Waals surface area contributed by atoms with E-state index in [1.54, 1.807) is 30.0 Å². The van der Waals surface area contributed by atoms with Crippen LogP contribution in [0.3, 0.4) is 0 Å². The first-order valence-electron chi connectivity index (χ1n) is 10.3. The van der Waals surface area contributed by atoms with Crippen LogP contribution in [-0.2, 0) is 22.4 Å². The lowest BCUT2D eigenvalue weighted by Gasteiger charge is -2.13. The van der Waals surface area contributed by atoms with Crippen LogP contribution in [0.1, 0.15) is 34.3 Å². The number of hydrogen-bond acceptors (Lipinski definition) is 5. The Hall–Kier alpha value is -3.00. The van der Waals surface area contributed by atoms with Crippen LogP contribution in [0.2, 0.25) is 0 Å². The van der Waals surface area contributed by atoms with Crippen molar-refractivity contribution in [1.82, 2.24) is 5.32 Å². The Kier molecular flexibility index (Phi) is 6.46. The molecule has 0 spiro atoms. The van der Waals surface area contributed by atoms with Crippen molar-refractivity contribution in [1.29, 1.82) is 0 Å². The number of thioether (sulfide) groups is 1. The summed E-state index contributed by atoms with van der Waals surface area (Å²) in [7, 11) is 0. The second kappa shape index (κ2) is 9.43. The number of anilines is 2. The number of amides is 3. The van der Waals surface area contributed by atoms with Gasteiger partial charge in [0.15, 0.2) is 0 Å². The topological polar surface area (TPSA) is 96.5 Å². The van der Waals surface area contributed by atoms with Crippen LogP contribution < -0.4 is 20.7 Å². The van der Waals surface area contributed by atoms with Gasteiger partial charge in [-0.3, -0.25) is 14.4 Å². The molecule has 0 radical (unpaired) electrons. The van der Waals surface area contributed by atoms with Gasteiger partial charge in [0.25, 0.3) is 5.91 Å². The van der Waals surface area contributed by atoms with Crippen LogP contribution in [0, 0.1) is 0 Å². The maximum Gasteiger partial charge on any atom is 0.254 e.